The maximum Gasteiger partial charge on any atom is 0.266 e. The van der Waals surface area contributed by atoms with Crippen molar-refractivity contribution in [2.75, 3.05) is 0 Å². The second-order valence-corrected chi connectivity index (χ2v) is 10.2. The molecule has 3 aromatic rings. The molecule has 1 aliphatic rings. The number of para-hydroxylation sites is 1. The highest BCUT2D eigenvalue weighted by molar-refractivity contribution is 8.00. The van der Waals surface area contributed by atoms with Crippen LogP contribution in [0.4, 0.5) is 0 Å². The molecule has 7 heteroatoms. The number of hydrogen-bond acceptors (Lipinski definition) is 5. The van der Waals surface area contributed by atoms with E-state index < -0.39 is 10.8 Å². The number of carbonyl (C=O) groups excluding carboxylic acids is 1. The van der Waals surface area contributed by atoms with Gasteiger partial charge in [-0.05, 0) is 57.4 Å². The van der Waals surface area contributed by atoms with Crippen LogP contribution in [0.2, 0.25) is 0 Å². The Hall–Kier alpha value is -3.11. The van der Waals surface area contributed by atoms with E-state index in [0.29, 0.717) is 28.9 Å². The Morgan fingerprint density at radius 2 is 1.91 bits per heavy atom. The lowest BCUT2D eigenvalue weighted by atomic mass is 9.83. The largest absolute Gasteiger partial charge is 0.337 e. The first-order chi connectivity index (χ1) is 15.8. The predicted octanol–water partition coefficient (Wildman–Crippen LogP) is 4.83. The van der Waals surface area contributed by atoms with Gasteiger partial charge in [-0.1, -0.05) is 60.9 Å². The van der Waals surface area contributed by atoms with E-state index >= 15 is 0 Å². The third-order valence-corrected chi connectivity index (χ3v) is 7.33. The summed E-state index contributed by atoms with van der Waals surface area (Å²) < 4.78 is 1.60. The van der Waals surface area contributed by atoms with E-state index in [-0.39, 0.29) is 11.5 Å². The van der Waals surface area contributed by atoms with Crippen molar-refractivity contribution in [1.29, 1.82) is 5.26 Å². The van der Waals surface area contributed by atoms with Crippen molar-refractivity contribution < 1.29 is 4.79 Å². The van der Waals surface area contributed by atoms with Crippen LogP contribution >= 0.6 is 11.8 Å². The van der Waals surface area contributed by atoms with Crippen molar-refractivity contribution in [2.24, 2.45) is 0 Å². The highest BCUT2D eigenvalue weighted by Gasteiger charge is 2.35. The second kappa shape index (κ2) is 9.40. The number of carbonyl (C=O) groups is 1. The molecule has 0 spiro atoms. The highest BCUT2D eigenvalue weighted by atomic mass is 32.2. The van der Waals surface area contributed by atoms with Crippen molar-refractivity contribution in [2.45, 2.75) is 68.8 Å². The van der Waals surface area contributed by atoms with Crippen LogP contribution in [-0.2, 0) is 4.79 Å². The first kappa shape index (κ1) is 23.1. The summed E-state index contributed by atoms with van der Waals surface area (Å²) >= 11 is 1.24. The van der Waals surface area contributed by atoms with Gasteiger partial charge in [0.25, 0.3) is 5.56 Å². The summed E-state index contributed by atoms with van der Waals surface area (Å²) in [6, 6.07) is 15.5. The van der Waals surface area contributed by atoms with Crippen molar-refractivity contribution in [1.82, 2.24) is 14.9 Å². The zero-order chi connectivity index (χ0) is 23.6. The van der Waals surface area contributed by atoms with Crippen molar-refractivity contribution >= 4 is 28.6 Å². The number of thioether (sulfide) groups is 1. The van der Waals surface area contributed by atoms with Gasteiger partial charge >= 0.3 is 0 Å². The van der Waals surface area contributed by atoms with Crippen LogP contribution in [-0.4, -0.2) is 26.2 Å². The Kier molecular flexibility index (Phi) is 6.57. The Morgan fingerprint density at radius 1 is 1.18 bits per heavy atom. The second-order valence-electron chi connectivity index (χ2n) is 8.85. The molecule has 1 N–H and O–H groups in total. The van der Waals surface area contributed by atoms with Gasteiger partial charge in [-0.15, -0.1) is 0 Å². The average molecular weight is 461 g/mol. The first-order valence-corrected chi connectivity index (χ1v) is 12.2. The fourth-order valence-electron chi connectivity index (χ4n) is 4.43. The van der Waals surface area contributed by atoms with Gasteiger partial charge in [0.15, 0.2) is 5.16 Å². The van der Waals surface area contributed by atoms with Crippen LogP contribution in [0.25, 0.3) is 16.6 Å². The van der Waals surface area contributed by atoms with E-state index in [4.69, 9.17) is 4.98 Å². The third-order valence-electron chi connectivity index (χ3n) is 6.27. The summed E-state index contributed by atoms with van der Waals surface area (Å²) in [5.41, 5.74) is 2.45. The SMILES string of the molecule is Cc1ccc(-n2c(S[C@H](C)C(=O)NC3(C#N)CCCCC3)nc3ccccc3c2=O)c(C)c1. The summed E-state index contributed by atoms with van der Waals surface area (Å²) in [7, 11) is 0. The normalized spacial score (nSPS) is 16.2. The summed E-state index contributed by atoms with van der Waals surface area (Å²) in [4.78, 5) is 31.4. The fraction of sp³-hybridized carbons (Fsp3) is 0.385. The lowest BCUT2D eigenvalue weighted by molar-refractivity contribution is -0.121. The molecule has 0 unspecified atom stereocenters. The molecule has 2 aromatic carbocycles. The van der Waals surface area contributed by atoms with Crippen LogP contribution < -0.4 is 10.9 Å². The number of benzene rings is 2. The van der Waals surface area contributed by atoms with Gasteiger partial charge in [-0.2, -0.15) is 5.26 Å². The van der Waals surface area contributed by atoms with Crippen molar-refractivity contribution in [3.05, 3.63) is 63.9 Å². The number of aryl methyl sites for hydroxylation is 2. The number of amides is 1. The van der Waals surface area contributed by atoms with Gasteiger partial charge in [0.05, 0.1) is 27.9 Å². The molecule has 6 nitrogen and oxygen atoms in total. The number of aromatic nitrogens is 2. The summed E-state index contributed by atoms with van der Waals surface area (Å²) in [6.07, 6.45) is 4.32. The number of rotatable bonds is 5. The molecule has 0 radical (unpaired) electrons. The van der Waals surface area contributed by atoms with Gasteiger partial charge in [0, 0.05) is 0 Å². The van der Waals surface area contributed by atoms with E-state index in [1.807, 2.05) is 50.2 Å². The van der Waals surface area contributed by atoms with Gasteiger partial charge in [-0.25, -0.2) is 4.98 Å². The minimum atomic E-state index is -0.797. The van der Waals surface area contributed by atoms with E-state index in [0.717, 1.165) is 36.1 Å². The van der Waals surface area contributed by atoms with Crippen molar-refractivity contribution in [3.8, 4) is 11.8 Å². The minimum Gasteiger partial charge on any atom is -0.337 e. The molecule has 1 amide bonds. The van der Waals surface area contributed by atoms with Gasteiger partial charge < -0.3 is 5.32 Å². The zero-order valence-corrected chi connectivity index (χ0v) is 20.0. The van der Waals surface area contributed by atoms with E-state index in [1.54, 1.807) is 17.6 Å². The smallest absolute Gasteiger partial charge is 0.266 e. The van der Waals surface area contributed by atoms with Gasteiger partial charge in [-0.3, -0.25) is 14.2 Å². The molecule has 1 heterocycles. The fourth-order valence-corrected chi connectivity index (χ4v) is 5.35. The Labute approximate surface area is 198 Å². The third kappa shape index (κ3) is 4.67. The molecule has 0 saturated heterocycles. The number of nitrogens with zero attached hydrogens (tertiary/aromatic N) is 3. The van der Waals surface area contributed by atoms with E-state index in [1.165, 1.54) is 11.8 Å². The molecule has 170 valence electrons. The van der Waals surface area contributed by atoms with Crippen LogP contribution in [0.15, 0.2) is 52.4 Å². The molecular formula is C26H28N4O2S. The first-order valence-electron chi connectivity index (χ1n) is 11.3. The molecule has 0 aliphatic heterocycles. The van der Waals surface area contributed by atoms with Gasteiger partial charge in [0.2, 0.25) is 5.91 Å². The molecule has 1 fully saturated rings. The number of fused-ring (bicyclic) bond motifs is 1. The zero-order valence-electron chi connectivity index (χ0n) is 19.2. The molecule has 0 bridgehead atoms. The molecule has 4 rings (SSSR count). The van der Waals surface area contributed by atoms with Crippen LogP contribution in [0.3, 0.4) is 0 Å². The lowest BCUT2D eigenvalue weighted by Gasteiger charge is -2.32. The van der Waals surface area contributed by atoms with Crippen molar-refractivity contribution in [3.63, 3.8) is 0 Å². The summed E-state index contributed by atoms with van der Waals surface area (Å²) in [5, 5.41) is 13.2. The van der Waals surface area contributed by atoms with E-state index in [9.17, 15) is 14.9 Å². The lowest BCUT2D eigenvalue weighted by Crippen LogP contribution is -2.51. The predicted molar refractivity (Wildman–Crippen MR) is 132 cm³/mol. The topological polar surface area (TPSA) is 87.8 Å². The highest BCUT2D eigenvalue weighted by Crippen LogP contribution is 2.30. The Balaban J connectivity index is 1.73. The number of nitrogens with one attached hydrogen (secondary N) is 1. The maximum atomic E-state index is 13.5. The molecule has 1 aromatic heterocycles. The molecular weight excluding hydrogens is 432 g/mol. The van der Waals surface area contributed by atoms with E-state index in [2.05, 4.69) is 11.4 Å². The molecule has 1 atom stereocenters. The summed E-state index contributed by atoms with van der Waals surface area (Å²) in [5.74, 6) is -0.210. The molecule has 1 saturated carbocycles. The van der Waals surface area contributed by atoms with Crippen LogP contribution in [0.1, 0.15) is 50.2 Å². The number of hydrogen-bond donors (Lipinski definition) is 1. The quantitative estimate of drug-likeness (QED) is 0.435. The molecule has 33 heavy (non-hydrogen) atoms. The van der Waals surface area contributed by atoms with Crippen LogP contribution in [0.5, 0.6) is 0 Å². The number of nitriles is 1. The maximum absolute atomic E-state index is 13.5. The monoisotopic (exact) mass is 460 g/mol. The Morgan fingerprint density at radius 3 is 2.61 bits per heavy atom. The molecule has 1 aliphatic carbocycles. The standard InChI is InChI=1S/C26H28N4O2S/c1-17-11-12-22(18(2)15-17)30-24(32)20-9-5-6-10-21(20)28-25(30)33-19(3)23(31)29-26(16-27)13-7-4-8-14-26/h5-6,9-12,15,19H,4,7-8,13-14H2,1-3H3,(H,29,31)/t19-/m1/s1. The van der Waals surface area contributed by atoms with Gasteiger partial charge in [0.1, 0.15) is 5.54 Å². The Bertz CT molecular complexity index is 1300. The van der Waals surface area contributed by atoms with Crippen LogP contribution in [0, 0.1) is 25.2 Å². The average Bonchev–Trinajstić information content (AvgIpc) is 2.81. The minimum absolute atomic E-state index is 0.163. The summed E-state index contributed by atoms with van der Waals surface area (Å²) in [6.45, 7) is 5.77.